The monoisotopic (exact) mass is 460 g/mol. The maximum Gasteiger partial charge on any atom is 0.296 e. The van der Waals surface area contributed by atoms with Gasteiger partial charge in [0, 0.05) is 25.4 Å². The molecule has 8 nitrogen and oxygen atoms in total. The fourth-order valence-corrected chi connectivity index (χ4v) is 5.15. The highest BCUT2D eigenvalue weighted by Gasteiger charge is 2.28. The fourth-order valence-electron chi connectivity index (χ4n) is 4.21. The molecule has 0 unspecified atom stereocenters. The molecule has 2 aliphatic heterocycles. The van der Waals surface area contributed by atoms with Crippen molar-refractivity contribution in [1.29, 1.82) is 10.5 Å². The van der Waals surface area contributed by atoms with Crippen molar-refractivity contribution >= 4 is 35.0 Å². The molecule has 1 amide bonds. The van der Waals surface area contributed by atoms with Crippen molar-refractivity contribution in [2.45, 2.75) is 30.5 Å². The predicted molar refractivity (Wildman–Crippen MR) is 126 cm³/mol. The van der Waals surface area contributed by atoms with Crippen LogP contribution in [0.25, 0.3) is 0 Å². The maximum atomic E-state index is 12.0. The molecule has 0 atom stereocenters. The Morgan fingerprint density at radius 3 is 2.64 bits per heavy atom. The summed E-state index contributed by atoms with van der Waals surface area (Å²) < 4.78 is 0. The molecule has 1 aromatic heterocycles. The molecule has 0 bridgehead atoms. The van der Waals surface area contributed by atoms with Gasteiger partial charge in [-0.15, -0.1) is 11.8 Å². The van der Waals surface area contributed by atoms with Crippen LogP contribution in [0.4, 0.5) is 11.5 Å². The molecular formula is C24H24N6O2S. The third kappa shape index (κ3) is 4.43. The van der Waals surface area contributed by atoms with Crippen LogP contribution < -0.4 is 10.2 Å². The molecule has 1 N–H and O–H groups in total. The molecule has 0 aliphatic carbocycles. The summed E-state index contributed by atoms with van der Waals surface area (Å²) >= 11 is 1.41. The van der Waals surface area contributed by atoms with E-state index in [-0.39, 0.29) is 0 Å². The summed E-state index contributed by atoms with van der Waals surface area (Å²) in [5, 5.41) is 23.0. The predicted octanol–water partition coefficient (Wildman–Crippen LogP) is 2.96. The number of carbonyl (C=O) groups excluding carboxylic acids is 2. The summed E-state index contributed by atoms with van der Waals surface area (Å²) in [5.74, 6) is -0.0262. The maximum absolute atomic E-state index is 12.0. The fraction of sp³-hybridized carbons (Fsp3) is 0.375. The summed E-state index contributed by atoms with van der Waals surface area (Å²) in [5.41, 5.74) is 3.39. The number of benzene rings is 1. The molecule has 1 aromatic carbocycles. The number of Topliss-reactive ketones (excluding diaryl/α,β-unsaturated/α-hetero) is 1. The van der Waals surface area contributed by atoms with Gasteiger partial charge < -0.3 is 15.1 Å². The van der Waals surface area contributed by atoms with Gasteiger partial charge in [0.25, 0.3) is 11.7 Å². The van der Waals surface area contributed by atoms with Gasteiger partial charge in [-0.1, -0.05) is 13.0 Å². The van der Waals surface area contributed by atoms with Crippen LogP contribution in [0.3, 0.4) is 0 Å². The zero-order valence-electron chi connectivity index (χ0n) is 18.6. The van der Waals surface area contributed by atoms with Gasteiger partial charge in [0.2, 0.25) is 0 Å². The Kier molecular flexibility index (Phi) is 6.64. The van der Waals surface area contributed by atoms with E-state index < -0.39 is 11.7 Å². The molecule has 2 aromatic rings. The molecular weight excluding hydrogens is 436 g/mol. The topological polar surface area (TPSA) is 113 Å². The van der Waals surface area contributed by atoms with Gasteiger partial charge in [-0.3, -0.25) is 9.59 Å². The van der Waals surface area contributed by atoms with Crippen LogP contribution in [-0.2, 0) is 17.0 Å². The number of nitrogens with one attached hydrogen (secondary N) is 1. The largest absolute Gasteiger partial charge is 0.354 e. The van der Waals surface area contributed by atoms with E-state index in [0.29, 0.717) is 45.4 Å². The number of pyridine rings is 1. The number of amides is 1. The second-order valence-electron chi connectivity index (χ2n) is 8.14. The molecule has 3 heterocycles. The van der Waals surface area contributed by atoms with Gasteiger partial charge in [0.15, 0.2) is 0 Å². The molecule has 4 rings (SSSR count). The van der Waals surface area contributed by atoms with E-state index >= 15 is 0 Å². The number of ketones is 1. The van der Waals surface area contributed by atoms with Crippen LogP contribution in [-0.4, -0.2) is 54.8 Å². The number of hydrogen-bond donors (Lipinski definition) is 1. The average Bonchev–Trinajstić information content (AvgIpc) is 2.97. The normalized spacial score (nSPS) is 16.1. The smallest absolute Gasteiger partial charge is 0.296 e. The van der Waals surface area contributed by atoms with Crippen LogP contribution in [0.15, 0.2) is 23.2 Å². The Bertz CT molecular complexity index is 1210. The number of rotatable bonds is 5. The minimum absolute atomic E-state index is 0.370. The van der Waals surface area contributed by atoms with Crippen molar-refractivity contribution in [3.8, 4) is 12.1 Å². The Labute approximate surface area is 197 Å². The van der Waals surface area contributed by atoms with Gasteiger partial charge in [-0.05, 0) is 49.7 Å². The Hall–Kier alpha value is -3.40. The second-order valence-corrected chi connectivity index (χ2v) is 9.11. The van der Waals surface area contributed by atoms with E-state index in [9.17, 15) is 20.1 Å². The van der Waals surface area contributed by atoms with E-state index in [1.165, 1.54) is 11.8 Å². The number of fused-ring (bicyclic) bond motifs is 1. The van der Waals surface area contributed by atoms with Gasteiger partial charge in [0.05, 0.1) is 22.4 Å². The Balaban J connectivity index is 1.68. The van der Waals surface area contributed by atoms with Crippen LogP contribution >= 0.6 is 11.8 Å². The second kappa shape index (κ2) is 9.62. The number of likely N-dealkylation sites (N-methyl/N-ethyl adjacent to an activating group) is 1. The molecule has 0 saturated carbocycles. The van der Waals surface area contributed by atoms with Gasteiger partial charge in [-0.2, -0.15) is 10.5 Å². The lowest BCUT2D eigenvalue weighted by molar-refractivity contribution is -0.112. The minimum Gasteiger partial charge on any atom is -0.354 e. The van der Waals surface area contributed by atoms with Crippen molar-refractivity contribution in [3.05, 3.63) is 46.0 Å². The van der Waals surface area contributed by atoms with E-state index in [2.05, 4.69) is 34.3 Å². The molecule has 1 saturated heterocycles. The van der Waals surface area contributed by atoms with Crippen molar-refractivity contribution in [1.82, 2.24) is 9.88 Å². The highest BCUT2D eigenvalue weighted by atomic mass is 32.2. The van der Waals surface area contributed by atoms with E-state index in [4.69, 9.17) is 4.98 Å². The van der Waals surface area contributed by atoms with E-state index in [1.54, 1.807) is 12.1 Å². The average molecular weight is 461 g/mol. The Morgan fingerprint density at radius 1 is 1.12 bits per heavy atom. The summed E-state index contributed by atoms with van der Waals surface area (Å²) in [7, 11) is 2.09. The van der Waals surface area contributed by atoms with Crippen LogP contribution in [0, 0.1) is 22.7 Å². The number of nitrogens with zero attached hydrogens (tertiary/aromatic N) is 5. The lowest BCUT2D eigenvalue weighted by atomic mass is 10.0. The molecule has 9 heteroatoms. The molecule has 0 spiro atoms. The highest BCUT2D eigenvalue weighted by Crippen LogP contribution is 2.34. The third-order valence-corrected chi connectivity index (χ3v) is 7.05. The molecule has 1 fully saturated rings. The van der Waals surface area contributed by atoms with Crippen LogP contribution in [0.1, 0.15) is 46.0 Å². The first-order chi connectivity index (χ1) is 16.0. The summed E-state index contributed by atoms with van der Waals surface area (Å²) in [6.07, 6.45) is 1.53. The number of aromatic nitrogens is 1. The molecule has 2 aliphatic rings. The zero-order valence-corrected chi connectivity index (χ0v) is 19.5. The summed E-state index contributed by atoms with van der Waals surface area (Å²) in [6.45, 7) is 5.39. The number of anilines is 2. The van der Waals surface area contributed by atoms with Crippen molar-refractivity contribution in [3.63, 3.8) is 0 Å². The third-order valence-electron chi connectivity index (χ3n) is 6.00. The highest BCUT2D eigenvalue weighted by molar-refractivity contribution is 7.98. The number of thioether (sulfide) groups is 1. The van der Waals surface area contributed by atoms with Gasteiger partial charge in [-0.25, -0.2) is 4.98 Å². The molecule has 0 radical (unpaired) electrons. The molecule has 168 valence electrons. The minimum atomic E-state index is -0.615. The van der Waals surface area contributed by atoms with Crippen LogP contribution in [0.2, 0.25) is 0 Å². The first-order valence-corrected chi connectivity index (χ1v) is 11.9. The standard InChI is InChI=1S/C24H24N6O2S/c1-3-16-18(12-25)22(30-8-4-7-29(2)9-10-30)28-24(19(16)13-26)33-14-15-5-6-20-17(11-15)21(31)23(32)27-20/h5-6,11H,3-4,7-10,14H2,1-2H3,(H,27,31,32). The van der Waals surface area contributed by atoms with Crippen molar-refractivity contribution in [2.75, 3.05) is 43.4 Å². The van der Waals surface area contributed by atoms with E-state index in [1.807, 2.05) is 13.0 Å². The van der Waals surface area contributed by atoms with Crippen LogP contribution in [0.5, 0.6) is 0 Å². The van der Waals surface area contributed by atoms with Gasteiger partial charge in [0.1, 0.15) is 23.0 Å². The number of hydrogen-bond acceptors (Lipinski definition) is 8. The quantitative estimate of drug-likeness (QED) is 0.535. The Morgan fingerprint density at radius 2 is 1.91 bits per heavy atom. The van der Waals surface area contributed by atoms with Crippen molar-refractivity contribution in [2.24, 2.45) is 0 Å². The summed E-state index contributed by atoms with van der Waals surface area (Å²) in [6, 6.07) is 9.85. The van der Waals surface area contributed by atoms with Gasteiger partial charge >= 0.3 is 0 Å². The number of carbonyl (C=O) groups is 2. The lowest BCUT2D eigenvalue weighted by Gasteiger charge is -2.25. The van der Waals surface area contributed by atoms with Crippen molar-refractivity contribution < 1.29 is 9.59 Å². The first kappa shape index (κ1) is 22.8. The lowest BCUT2D eigenvalue weighted by Crippen LogP contribution is -2.30. The SMILES string of the molecule is CCc1c(C#N)c(SCc2ccc3c(c2)C(=O)C(=O)N3)nc(N2CCCN(C)CC2)c1C#N. The number of nitriles is 2. The first-order valence-electron chi connectivity index (χ1n) is 10.9. The van der Waals surface area contributed by atoms with E-state index in [0.717, 1.165) is 43.7 Å². The zero-order chi connectivity index (χ0) is 23.5. The molecule has 33 heavy (non-hydrogen) atoms. The summed E-state index contributed by atoms with van der Waals surface area (Å²) in [4.78, 5) is 32.9.